The van der Waals surface area contributed by atoms with Crippen LogP contribution in [0.3, 0.4) is 0 Å². The fourth-order valence-electron chi connectivity index (χ4n) is 4.83. The van der Waals surface area contributed by atoms with Gasteiger partial charge in [0.15, 0.2) is 0 Å². The monoisotopic (exact) mass is 466 g/mol. The summed E-state index contributed by atoms with van der Waals surface area (Å²) in [6.45, 7) is 10.1. The minimum Gasteiger partial charge on any atom is -0.481 e. The zero-order valence-electron chi connectivity index (χ0n) is 21.3. The number of hydrogen-bond acceptors (Lipinski definition) is 4. The van der Waals surface area contributed by atoms with Crippen LogP contribution in [0.5, 0.6) is 0 Å². The zero-order chi connectivity index (χ0) is 24.6. The van der Waals surface area contributed by atoms with Crippen molar-refractivity contribution in [3.05, 3.63) is 12.2 Å². The average Bonchev–Trinajstić information content (AvgIpc) is 3.35. The Morgan fingerprint density at radius 2 is 1.52 bits per heavy atom. The molecule has 5 atom stereocenters. The van der Waals surface area contributed by atoms with Gasteiger partial charge in [-0.25, -0.2) is 0 Å². The van der Waals surface area contributed by atoms with Crippen molar-refractivity contribution in [2.24, 2.45) is 16.7 Å². The Morgan fingerprint density at radius 3 is 2.12 bits per heavy atom. The maximum absolute atomic E-state index is 11.8. The third-order valence-electron chi connectivity index (χ3n) is 7.13. The summed E-state index contributed by atoms with van der Waals surface area (Å²) in [5.41, 5.74) is -0.438. The van der Waals surface area contributed by atoms with E-state index < -0.39 is 23.3 Å². The fraction of sp³-hybridized carbons (Fsp3) is 0.852. The Morgan fingerprint density at radius 1 is 0.879 bits per heavy atom. The third kappa shape index (κ3) is 9.78. The maximum Gasteiger partial charge on any atom is 0.309 e. The molecule has 2 fully saturated rings. The minimum absolute atomic E-state index is 0.0274. The van der Waals surface area contributed by atoms with Crippen molar-refractivity contribution < 1.29 is 29.3 Å². The van der Waals surface area contributed by atoms with Crippen LogP contribution in [0.4, 0.5) is 0 Å². The highest BCUT2D eigenvalue weighted by molar-refractivity contribution is 5.73. The quantitative estimate of drug-likeness (QED) is 0.247. The van der Waals surface area contributed by atoms with Crippen LogP contribution in [0.2, 0.25) is 0 Å². The molecule has 0 saturated carbocycles. The molecule has 0 amide bonds. The van der Waals surface area contributed by atoms with Gasteiger partial charge in [-0.3, -0.25) is 9.59 Å². The van der Waals surface area contributed by atoms with Gasteiger partial charge in [-0.05, 0) is 70.6 Å². The summed E-state index contributed by atoms with van der Waals surface area (Å²) in [5.74, 6) is -1.91. The molecule has 2 N–H and O–H groups in total. The van der Waals surface area contributed by atoms with Crippen molar-refractivity contribution in [1.29, 1.82) is 0 Å². The third-order valence-corrected chi connectivity index (χ3v) is 7.13. The van der Waals surface area contributed by atoms with Crippen molar-refractivity contribution in [3.63, 3.8) is 0 Å². The molecule has 0 aromatic heterocycles. The van der Waals surface area contributed by atoms with E-state index in [1.807, 2.05) is 0 Å². The van der Waals surface area contributed by atoms with Gasteiger partial charge in [0.1, 0.15) is 0 Å². The van der Waals surface area contributed by atoms with Gasteiger partial charge in [-0.15, -0.1) is 0 Å². The lowest BCUT2D eigenvalue weighted by Gasteiger charge is -2.22. The van der Waals surface area contributed by atoms with Crippen molar-refractivity contribution in [2.45, 2.75) is 130 Å². The number of hydrogen-bond donors (Lipinski definition) is 2. The van der Waals surface area contributed by atoms with Gasteiger partial charge in [0.05, 0.1) is 35.7 Å². The summed E-state index contributed by atoms with van der Waals surface area (Å²) < 4.78 is 12.3. The molecular formula is C27H46O6. The number of unbranched alkanes of at least 4 members (excludes halogenated alkanes) is 1. The number of carboxylic acid groups (broad SMARTS) is 2. The van der Waals surface area contributed by atoms with E-state index in [-0.39, 0.29) is 29.8 Å². The van der Waals surface area contributed by atoms with E-state index >= 15 is 0 Å². The number of ether oxygens (including phenoxy) is 2. The second kappa shape index (κ2) is 12.3. The highest BCUT2D eigenvalue weighted by Crippen LogP contribution is 2.32. The minimum atomic E-state index is -0.743. The molecule has 0 radical (unpaired) electrons. The van der Waals surface area contributed by atoms with E-state index in [9.17, 15) is 19.8 Å². The van der Waals surface area contributed by atoms with Crippen molar-refractivity contribution >= 4 is 11.9 Å². The second-order valence-corrected chi connectivity index (χ2v) is 11.9. The van der Waals surface area contributed by atoms with E-state index in [1.165, 1.54) is 0 Å². The Labute approximate surface area is 200 Å². The van der Waals surface area contributed by atoms with Crippen LogP contribution in [-0.2, 0) is 19.1 Å². The van der Waals surface area contributed by atoms with Crippen LogP contribution >= 0.6 is 0 Å². The molecule has 2 aliphatic rings. The number of carbonyl (C=O) groups is 2. The van der Waals surface area contributed by atoms with Gasteiger partial charge in [0.25, 0.3) is 0 Å². The molecule has 33 heavy (non-hydrogen) atoms. The van der Waals surface area contributed by atoms with Crippen LogP contribution in [0, 0.1) is 16.7 Å². The lowest BCUT2D eigenvalue weighted by Crippen LogP contribution is -2.28. The van der Waals surface area contributed by atoms with Crippen LogP contribution in [0.1, 0.15) is 105 Å². The summed E-state index contributed by atoms with van der Waals surface area (Å²) in [4.78, 5) is 23.0. The summed E-state index contributed by atoms with van der Waals surface area (Å²) >= 11 is 0. The Kier molecular flexibility index (Phi) is 10.4. The Balaban J connectivity index is 1.70. The van der Waals surface area contributed by atoms with Crippen LogP contribution in [0.25, 0.3) is 0 Å². The number of carboxylic acids is 2. The predicted octanol–water partition coefficient (Wildman–Crippen LogP) is 6.23. The van der Waals surface area contributed by atoms with Crippen molar-refractivity contribution in [3.8, 4) is 0 Å². The first-order valence-electron chi connectivity index (χ1n) is 12.8. The molecule has 2 heterocycles. The average molecular weight is 467 g/mol. The van der Waals surface area contributed by atoms with Gasteiger partial charge in [0, 0.05) is 0 Å². The van der Waals surface area contributed by atoms with E-state index in [4.69, 9.17) is 9.47 Å². The first-order chi connectivity index (χ1) is 15.4. The molecule has 0 bridgehead atoms. The van der Waals surface area contributed by atoms with E-state index in [1.54, 1.807) is 13.8 Å². The van der Waals surface area contributed by atoms with Crippen molar-refractivity contribution in [2.75, 3.05) is 0 Å². The first kappa shape index (κ1) is 27.8. The highest BCUT2D eigenvalue weighted by atomic mass is 16.5. The Bertz CT molecular complexity index is 662. The number of aliphatic carboxylic acids is 2. The zero-order valence-corrected chi connectivity index (χ0v) is 21.3. The standard InChI is InChI=1S/C27H46O6/c1-26(2,3)17-8-10-22(24(28)29)23-16-15-21(33-23)14-13-20-12-11-19(32-20)9-6-7-18-27(4,5)25(30)31/h13-14,19-23H,6-12,15-18H2,1-5H3,(H,28,29)(H,30,31)/b14-13+. The van der Waals surface area contributed by atoms with Gasteiger partial charge in [-0.2, -0.15) is 0 Å². The van der Waals surface area contributed by atoms with E-state index in [0.29, 0.717) is 12.8 Å². The van der Waals surface area contributed by atoms with Gasteiger partial charge in [0.2, 0.25) is 0 Å². The summed E-state index contributed by atoms with van der Waals surface area (Å²) in [6, 6.07) is 0. The molecule has 2 rings (SSSR count). The summed E-state index contributed by atoms with van der Waals surface area (Å²) in [6.07, 6.45) is 14.1. The maximum atomic E-state index is 11.8. The molecule has 0 spiro atoms. The molecular weight excluding hydrogens is 420 g/mol. The number of rotatable bonds is 13. The molecule has 0 aromatic carbocycles. The molecule has 190 valence electrons. The Hall–Kier alpha value is -1.40. The SMILES string of the molecule is CC(C)(C)CCCC(C(=O)O)C1CCC(/C=C/C2CCC(CCCCC(C)(C)C(=O)O)O2)O1. The fourth-order valence-corrected chi connectivity index (χ4v) is 4.83. The molecule has 5 unspecified atom stereocenters. The molecule has 2 aliphatic heterocycles. The summed E-state index contributed by atoms with van der Waals surface area (Å²) in [5, 5.41) is 18.9. The molecule has 6 nitrogen and oxygen atoms in total. The van der Waals surface area contributed by atoms with Crippen LogP contribution < -0.4 is 0 Å². The smallest absolute Gasteiger partial charge is 0.309 e. The largest absolute Gasteiger partial charge is 0.481 e. The van der Waals surface area contributed by atoms with Gasteiger partial charge in [-0.1, -0.05) is 52.2 Å². The molecule has 0 aromatic rings. The molecule has 6 heteroatoms. The van der Waals surface area contributed by atoms with Crippen LogP contribution in [0.15, 0.2) is 12.2 Å². The van der Waals surface area contributed by atoms with E-state index in [2.05, 4.69) is 32.9 Å². The van der Waals surface area contributed by atoms with Gasteiger partial charge < -0.3 is 19.7 Å². The highest BCUT2D eigenvalue weighted by Gasteiger charge is 2.35. The lowest BCUT2D eigenvalue weighted by molar-refractivity contribution is -0.148. The molecule has 2 saturated heterocycles. The topological polar surface area (TPSA) is 93.1 Å². The van der Waals surface area contributed by atoms with Gasteiger partial charge >= 0.3 is 11.9 Å². The molecule has 0 aliphatic carbocycles. The summed E-state index contributed by atoms with van der Waals surface area (Å²) in [7, 11) is 0. The first-order valence-corrected chi connectivity index (χ1v) is 12.8. The lowest BCUT2D eigenvalue weighted by atomic mass is 9.86. The normalized spacial score (nSPS) is 27.3. The second-order valence-electron chi connectivity index (χ2n) is 11.9. The predicted molar refractivity (Wildman–Crippen MR) is 129 cm³/mol. The van der Waals surface area contributed by atoms with Crippen molar-refractivity contribution in [1.82, 2.24) is 0 Å². The van der Waals surface area contributed by atoms with Crippen LogP contribution in [-0.4, -0.2) is 46.6 Å². The van der Waals surface area contributed by atoms with E-state index in [0.717, 1.165) is 57.8 Å².